The van der Waals surface area contributed by atoms with Crippen LogP contribution >= 0.6 is 0 Å². The van der Waals surface area contributed by atoms with Crippen LogP contribution < -0.4 is 5.32 Å². The van der Waals surface area contributed by atoms with Crippen LogP contribution in [0.3, 0.4) is 0 Å². The second-order valence-electron chi connectivity index (χ2n) is 4.10. The third-order valence-corrected chi connectivity index (χ3v) is 2.68. The van der Waals surface area contributed by atoms with E-state index in [4.69, 9.17) is 5.11 Å². The average molecular weight is 281 g/mol. The Labute approximate surface area is 112 Å². The molecule has 0 saturated carbocycles. The maximum absolute atomic E-state index is 13.6. The molecule has 6 heteroatoms. The van der Waals surface area contributed by atoms with E-state index in [1.807, 2.05) is 0 Å². The minimum Gasteiger partial charge on any atom is -0.478 e. The number of hydrogen-bond donors (Lipinski definition) is 2. The van der Waals surface area contributed by atoms with Crippen LogP contribution in [-0.4, -0.2) is 11.1 Å². The fourth-order valence-electron chi connectivity index (χ4n) is 1.64. The Morgan fingerprint density at radius 1 is 1.00 bits per heavy atom. The number of aromatic carboxylic acids is 1. The van der Waals surface area contributed by atoms with Gasteiger partial charge in [-0.2, -0.15) is 0 Å². The van der Waals surface area contributed by atoms with Gasteiger partial charge in [-0.1, -0.05) is 6.07 Å². The number of rotatable bonds is 4. The van der Waals surface area contributed by atoms with Crippen LogP contribution in [0.15, 0.2) is 36.4 Å². The zero-order valence-electron chi connectivity index (χ0n) is 10.2. The molecule has 0 radical (unpaired) electrons. The first-order valence-electron chi connectivity index (χ1n) is 5.68. The molecule has 0 bridgehead atoms. The van der Waals surface area contributed by atoms with Gasteiger partial charge in [-0.3, -0.25) is 0 Å². The van der Waals surface area contributed by atoms with Gasteiger partial charge in [-0.25, -0.2) is 18.0 Å². The molecule has 0 amide bonds. The summed E-state index contributed by atoms with van der Waals surface area (Å²) in [4.78, 5) is 10.6. The molecule has 0 aromatic heterocycles. The summed E-state index contributed by atoms with van der Waals surface area (Å²) in [5, 5.41) is 11.4. The number of benzene rings is 2. The Bertz CT molecular complexity index is 659. The summed E-state index contributed by atoms with van der Waals surface area (Å²) in [5.41, 5.74) is 0.353. The lowest BCUT2D eigenvalue weighted by Crippen LogP contribution is -2.04. The molecule has 0 aliphatic carbocycles. The summed E-state index contributed by atoms with van der Waals surface area (Å²) in [7, 11) is 0. The molecule has 0 saturated heterocycles. The van der Waals surface area contributed by atoms with Gasteiger partial charge in [0, 0.05) is 6.54 Å². The van der Waals surface area contributed by atoms with E-state index in [1.54, 1.807) is 0 Å². The van der Waals surface area contributed by atoms with Crippen molar-refractivity contribution in [1.29, 1.82) is 0 Å². The quantitative estimate of drug-likeness (QED) is 0.902. The van der Waals surface area contributed by atoms with Crippen LogP contribution in [0.25, 0.3) is 0 Å². The molecule has 0 fully saturated rings. The van der Waals surface area contributed by atoms with E-state index in [0.29, 0.717) is 5.56 Å². The minimum absolute atomic E-state index is 0.0831. The van der Waals surface area contributed by atoms with Gasteiger partial charge in [-0.05, 0) is 35.9 Å². The van der Waals surface area contributed by atoms with Gasteiger partial charge in [0.05, 0.1) is 11.3 Å². The van der Waals surface area contributed by atoms with Crippen LogP contribution in [0, 0.1) is 17.5 Å². The normalized spacial score (nSPS) is 10.3. The number of halogens is 3. The molecule has 2 rings (SSSR count). The van der Waals surface area contributed by atoms with Crippen molar-refractivity contribution >= 4 is 11.7 Å². The molecule has 2 N–H and O–H groups in total. The van der Waals surface area contributed by atoms with Crippen molar-refractivity contribution in [3.8, 4) is 0 Å². The highest BCUT2D eigenvalue weighted by Gasteiger charge is 2.08. The Hall–Kier alpha value is -2.50. The van der Waals surface area contributed by atoms with Gasteiger partial charge >= 0.3 is 5.97 Å². The molecule has 0 atom stereocenters. The number of hydrogen-bond acceptors (Lipinski definition) is 2. The highest BCUT2D eigenvalue weighted by atomic mass is 19.2. The molecule has 3 nitrogen and oxygen atoms in total. The predicted molar refractivity (Wildman–Crippen MR) is 67.0 cm³/mol. The molecule has 0 unspecified atom stereocenters. The molecule has 0 heterocycles. The molecule has 104 valence electrons. The zero-order chi connectivity index (χ0) is 14.7. The summed E-state index contributed by atoms with van der Waals surface area (Å²) in [6.07, 6.45) is 0. The summed E-state index contributed by atoms with van der Waals surface area (Å²) < 4.78 is 39.3. The van der Waals surface area contributed by atoms with E-state index in [2.05, 4.69) is 5.32 Å². The van der Waals surface area contributed by atoms with Crippen molar-refractivity contribution in [2.45, 2.75) is 6.54 Å². The van der Waals surface area contributed by atoms with Crippen molar-refractivity contribution in [1.82, 2.24) is 0 Å². The number of anilines is 1. The smallest absolute Gasteiger partial charge is 0.335 e. The summed E-state index contributed by atoms with van der Waals surface area (Å²) >= 11 is 0. The van der Waals surface area contributed by atoms with Crippen molar-refractivity contribution in [3.05, 3.63) is 65.0 Å². The SMILES string of the molecule is O=C(O)c1ccc(NCc2ccc(F)c(F)c2)c(F)c1. The van der Waals surface area contributed by atoms with Crippen LogP contribution in [0.4, 0.5) is 18.9 Å². The Morgan fingerprint density at radius 3 is 2.35 bits per heavy atom. The van der Waals surface area contributed by atoms with Crippen LogP contribution in [0.2, 0.25) is 0 Å². The number of carboxylic acid groups (broad SMARTS) is 1. The predicted octanol–water partition coefficient (Wildman–Crippen LogP) is 3.41. The zero-order valence-corrected chi connectivity index (χ0v) is 10.2. The van der Waals surface area contributed by atoms with Gasteiger partial charge in [0.15, 0.2) is 11.6 Å². The van der Waals surface area contributed by atoms with Crippen molar-refractivity contribution < 1.29 is 23.1 Å². The number of nitrogens with one attached hydrogen (secondary N) is 1. The second kappa shape index (κ2) is 5.64. The maximum Gasteiger partial charge on any atom is 0.335 e. The van der Waals surface area contributed by atoms with E-state index in [9.17, 15) is 18.0 Å². The third-order valence-electron chi connectivity index (χ3n) is 2.68. The molecule has 2 aromatic rings. The maximum atomic E-state index is 13.6. The molecular weight excluding hydrogens is 271 g/mol. The molecule has 20 heavy (non-hydrogen) atoms. The first kappa shape index (κ1) is 13.9. The second-order valence-corrected chi connectivity index (χ2v) is 4.10. The highest BCUT2D eigenvalue weighted by Crippen LogP contribution is 2.17. The van der Waals surface area contributed by atoms with E-state index < -0.39 is 23.4 Å². The summed E-state index contributed by atoms with van der Waals surface area (Å²) in [6, 6.07) is 6.77. The van der Waals surface area contributed by atoms with E-state index in [-0.39, 0.29) is 17.8 Å². The van der Waals surface area contributed by atoms with Crippen LogP contribution in [-0.2, 0) is 6.54 Å². The first-order chi connectivity index (χ1) is 9.47. The lowest BCUT2D eigenvalue weighted by molar-refractivity contribution is 0.0696. The van der Waals surface area contributed by atoms with E-state index in [0.717, 1.165) is 18.2 Å². The van der Waals surface area contributed by atoms with E-state index >= 15 is 0 Å². The van der Waals surface area contributed by atoms with Gasteiger partial charge < -0.3 is 10.4 Å². The highest BCUT2D eigenvalue weighted by molar-refractivity contribution is 5.88. The van der Waals surface area contributed by atoms with Gasteiger partial charge in [-0.15, -0.1) is 0 Å². The Morgan fingerprint density at radius 2 is 1.75 bits per heavy atom. The molecule has 2 aromatic carbocycles. The lowest BCUT2D eigenvalue weighted by atomic mass is 10.1. The van der Waals surface area contributed by atoms with Gasteiger partial charge in [0.2, 0.25) is 0 Å². The molecule has 0 aliphatic rings. The topological polar surface area (TPSA) is 49.3 Å². The van der Waals surface area contributed by atoms with Gasteiger partial charge in [0.1, 0.15) is 5.82 Å². The first-order valence-corrected chi connectivity index (χ1v) is 5.68. The van der Waals surface area contributed by atoms with Crippen LogP contribution in [0.1, 0.15) is 15.9 Å². The Balaban J connectivity index is 2.10. The van der Waals surface area contributed by atoms with Gasteiger partial charge in [0.25, 0.3) is 0 Å². The largest absolute Gasteiger partial charge is 0.478 e. The molecule has 0 spiro atoms. The average Bonchev–Trinajstić information content (AvgIpc) is 2.41. The van der Waals surface area contributed by atoms with Crippen molar-refractivity contribution in [2.75, 3.05) is 5.32 Å². The monoisotopic (exact) mass is 281 g/mol. The fourth-order valence-corrected chi connectivity index (χ4v) is 1.64. The lowest BCUT2D eigenvalue weighted by Gasteiger charge is -2.08. The van der Waals surface area contributed by atoms with E-state index in [1.165, 1.54) is 18.2 Å². The minimum atomic E-state index is -1.23. The van der Waals surface area contributed by atoms with Crippen molar-refractivity contribution in [3.63, 3.8) is 0 Å². The fraction of sp³-hybridized carbons (Fsp3) is 0.0714. The third kappa shape index (κ3) is 3.09. The standard InChI is InChI=1S/C14H10F3NO2/c15-10-3-1-8(5-11(10)16)7-18-13-4-2-9(14(19)20)6-12(13)17/h1-6,18H,7H2,(H,19,20). The number of carbonyl (C=O) groups is 1. The van der Waals surface area contributed by atoms with Crippen molar-refractivity contribution in [2.24, 2.45) is 0 Å². The van der Waals surface area contributed by atoms with Crippen LogP contribution in [0.5, 0.6) is 0 Å². The summed E-state index contributed by atoms with van der Waals surface area (Å²) in [6.45, 7) is 0.0839. The number of carboxylic acids is 1. The Kier molecular flexibility index (Phi) is 3.93. The molecular formula is C14H10F3NO2. The molecule has 0 aliphatic heterocycles. The summed E-state index contributed by atoms with van der Waals surface area (Å²) in [5.74, 6) is -3.89.